The van der Waals surface area contributed by atoms with E-state index in [-0.39, 0.29) is 64.9 Å². The minimum atomic E-state index is -0.117. The zero-order chi connectivity index (χ0) is 20.9. The molecule has 1 aromatic carbocycles. The van der Waals surface area contributed by atoms with Gasteiger partial charge in [0.05, 0.1) is 11.8 Å². The Morgan fingerprint density at radius 1 is 1.10 bits per heavy atom. The van der Waals surface area contributed by atoms with Crippen molar-refractivity contribution in [1.29, 1.82) is 0 Å². The predicted octanol–water partition coefficient (Wildman–Crippen LogP) is 2.62. The molecule has 2 saturated carbocycles. The Morgan fingerprint density at radius 2 is 1.74 bits per heavy atom. The van der Waals surface area contributed by atoms with E-state index in [2.05, 4.69) is 59.0 Å². The van der Waals surface area contributed by atoms with Crippen LogP contribution in [0.4, 0.5) is 0 Å². The van der Waals surface area contributed by atoms with Gasteiger partial charge in [-0.3, -0.25) is 19.5 Å². The number of likely N-dealkylation sites (tertiary alicyclic amines) is 1. The van der Waals surface area contributed by atoms with Crippen LogP contribution in [0.5, 0.6) is 0 Å². The number of fused-ring (bicyclic) bond motifs is 5. The van der Waals surface area contributed by atoms with Crippen LogP contribution >= 0.6 is 24.0 Å². The SMILES string of the molecule is CN=C(NCCN1C(=O)C2C3C=CC(C3)C2C1=O)NCC1(c2ccccc2C)CC1.I. The highest BCUT2D eigenvalue weighted by molar-refractivity contribution is 14.0. The molecule has 2 amide bonds. The molecule has 166 valence electrons. The second-order valence-electron chi connectivity index (χ2n) is 9.28. The zero-order valence-corrected chi connectivity index (χ0v) is 20.5. The average molecular weight is 534 g/mol. The summed E-state index contributed by atoms with van der Waals surface area (Å²) in [5.74, 6) is 1.05. The molecule has 1 aliphatic heterocycles. The molecule has 1 aromatic rings. The molecule has 7 heteroatoms. The Kier molecular flexibility index (Phi) is 6.16. The van der Waals surface area contributed by atoms with Crippen LogP contribution in [0, 0.1) is 30.6 Å². The maximum absolute atomic E-state index is 12.8. The van der Waals surface area contributed by atoms with Crippen molar-refractivity contribution in [2.45, 2.75) is 31.6 Å². The first-order chi connectivity index (χ1) is 14.5. The number of nitrogens with zero attached hydrogens (tertiary/aromatic N) is 2. The summed E-state index contributed by atoms with van der Waals surface area (Å²) in [5.41, 5.74) is 2.93. The number of carbonyl (C=O) groups is 2. The Morgan fingerprint density at radius 3 is 2.32 bits per heavy atom. The van der Waals surface area contributed by atoms with E-state index in [0.717, 1.165) is 18.9 Å². The van der Waals surface area contributed by atoms with E-state index < -0.39 is 0 Å². The number of hydrogen-bond donors (Lipinski definition) is 2. The molecule has 0 radical (unpaired) electrons. The van der Waals surface area contributed by atoms with Crippen molar-refractivity contribution in [3.8, 4) is 0 Å². The third kappa shape index (κ3) is 3.79. The number of allylic oxidation sites excluding steroid dienone is 2. The van der Waals surface area contributed by atoms with E-state index in [0.29, 0.717) is 13.1 Å². The maximum atomic E-state index is 12.8. The number of amides is 2. The van der Waals surface area contributed by atoms with Gasteiger partial charge in [-0.2, -0.15) is 0 Å². The van der Waals surface area contributed by atoms with Gasteiger partial charge in [0, 0.05) is 32.1 Å². The van der Waals surface area contributed by atoms with Crippen LogP contribution in [0.3, 0.4) is 0 Å². The summed E-state index contributed by atoms with van der Waals surface area (Å²) in [6, 6.07) is 8.59. The number of guanidine groups is 1. The molecule has 2 N–H and O–H groups in total. The average Bonchev–Trinajstić information content (AvgIpc) is 3.12. The molecule has 4 unspecified atom stereocenters. The van der Waals surface area contributed by atoms with Gasteiger partial charge in [0.2, 0.25) is 11.8 Å². The lowest BCUT2D eigenvalue weighted by molar-refractivity contribution is -0.140. The largest absolute Gasteiger partial charge is 0.356 e. The molecule has 4 atom stereocenters. The molecule has 31 heavy (non-hydrogen) atoms. The van der Waals surface area contributed by atoms with Gasteiger partial charge in [-0.1, -0.05) is 36.4 Å². The van der Waals surface area contributed by atoms with E-state index in [9.17, 15) is 9.59 Å². The lowest BCUT2D eigenvalue weighted by Crippen LogP contribution is -2.45. The normalized spacial score (nSPS) is 29.7. The predicted molar refractivity (Wildman–Crippen MR) is 131 cm³/mol. The zero-order valence-electron chi connectivity index (χ0n) is 18.1. The molecular weight excluding hydrogens is 503 g/mol. The first-order valence-electron chi connectivity index (χ1n) is 11.1. The van der Waals surface area contributed by atoms with Gasteiger partial charge in [-0.05, 0) is 49.1 Å². The van der Waals surface area contributed by atoms with Crippen LogP contribution < -0.4 is 10.6 Å². The summed E-state index contributed by atoms with van der Waals surface area (Å²) in [7, 11) is 1.75. The van der Waals surface area contributed by atoms with Crippen molar-refractivity contribution in [2.75, 3.05) is 26.7 Å². The van der Waals surface area contributed by atoms with Crippen molar-refractivity contribution < 1.29 is 9.59 Å². The number of nitrogens with one attached hydrogen (secondary N) is 2. The molecule has 6 nitrogen and oxygen atoms in total. The van der Waals surface area contributed by atoms with Crippen LogP contribution in [0.2, 0.25) is 0 Å². The molecule has 0 aromatic heterocycles. The summed E-state index contributed by atoms with van der Waals surface area (Å²) in [6.07, 6.45) is 7.59. The maximum Gasteiger partial charge on any atom is 0.233 e. The van der Waals surface area contributed by atoms with Crippen LogP contribution in [0.25, 0.3) is 0 Å². The molecular formula is C24H31IN4O2. The molecule has 1 heterocycles. The van der Waals surface area contributed by atoms with Crippen LogP contribution in [0.15, 0.2) is 41.4 Å². The molecule has 1 saturated heterocycles. The molecule has 3 aliphatic carbocycles. The summed E-state index contributed by atoms with van der Waals surface area (Å²) in [4.78, 5) is 31.4. The highest BCUT2D eigenvalue weighted by Crippen LogP contribution is 2.52. The number of imide groups is 1. The number of aryl methyl sites for hydroxylation is 1. The van der Waals surface area contributed by atoms with Crippen LogP contribution in [-0.2, 0) is 15.0 Å². The number of hydrogen-bond acceptors (Lipinski definition) is 3. The van der Waals surface area contributed by atoms with Crippen LogP contribution in [0.1, 0.15) is 30.4 Å². The minimum absolute atomic E-state index is 0. The second-order valence-corrected chi connectivity index (χ2v) is 9.28. The smallest absolute Gasteiger partial charge is 0.233 e. The lowest BCUT2D eigenvalue weighted by Gasteiger charge is -2.22. The fraction of sp³-hybridized carbons (Fsp3) is 0.542. The van der Waals surface area contributed by atoms with Gasteiger partial charge in [0.15, 0.2) is 5.96 Å². The Balaban J connectivity index is 0.00000231. The van der Waals surface area contributed by atoms with E-state index in [1.807, 2.05) is 0 Å². The first kappa shape index (κ1) is 22.3. The monoisotopic (exact) mass is 534 g/mol. The Hall–Kier alpha value is -1.90. The molecule has 3 fully saturated rings. The summed E-state index contributed by atoms with van der Waals surface area (Å²) < 4.78 is 0. The van der Waals surface area contributed by atoms with E-state index in [1.54, 1.807) is 7.05 Å². The van der Waals surface area contributed by atoms with Gasteiger partial charge in [0.1, 0.15) is 0 Å². The molecule has 4 aliphatic rings. The number of rotatable bonds is 6. The van der Waals surface area contributed by atoms with E-state index in [4.69, 9.17) is 0 Å². The van der Waals surface area contributed by atoms with Crippen LogP contribution in [-0.4, -0.2) is 49.4 Å². The quantitative estimate of drug-likeness (QED) is 0.194. The Bertz CT molecular complexity index is 909. The van der Waals surface area contributed by atoms with Gasteiger partial charge in [-0.15, -0.1) is 24.0 Å². The van der Waals surface area contributed by atoms with Gasteiger partial charge < -0.3 is 10.6 Å². The van der Waals surface area contributed by atoms with Crippen molar-refractivity contribution >= 4 is 41.8 Å². The van der Waals surface area contributed by atoms with Crippen molar-refractivity contribution in [1.82, 2.24) is 15.5 Å². The lowest BCUT2D eigenvalue weighted by atomic mass is 9.85. The van der Waals surface area contributed by atoms with Gasteiger partial charge in [-0.25, -0.2) is 0 Å². The van der Waals surface area contributed by atoms with Crippen molar-refractivity contribution in [3.63, 3.8) is 0 Å². The second kappa shape index (κ2) is 8.56. The molecule has 5 rings (SSSR count). The summed E-state index contributed by atoms with van der Waals surface area (Å²) in [5, 5.41) is 6.74. The van der Waals surface area contributed by atoms with Crippen molar-refractivity contribution in [2.24, 2.45) is 28.7 Å². The number of halogens is 1. The fourth-order valence-corrected chi connectivity index (χ4v) is 5.80. The van der Waals surface area contributed by atoms with E-state index >= 15 is 0 Å². The minimum Gasteiger partial charge on any atom is -0.356 e. The first-order valence-corrected chi connectivity index (χ1v) is 11.1. The molecule has 2 bridgehead atoms. The topological polar surface area (TPSA) is 73.8 Å². The third-order valence-corrected chi connectivity index (χ3v) is 7.58. The summed E-state index contributed by atoms with van der Waals surface area (Å²) in [6.45, 7) is 3.91. The van der Waals surface area contributed by atoms with Crippen molar-refractivity contribution in [3.05, 3.63) is 47.5 Å². The number of carbonyl (C=O) groups excluding carboxylic acids is 2. The highest BCUT2D eigenvalue weighted by atomic mass is 127. The highest BCUT2D eigenvalue weighted by Gasteiger charge is 2.59. The van der Waals surface area contributed by atoms with E-state index in [1.165, 1.54) is 28.9 Å². The van der Waals surface area contributed by atoms with Gasteiger partial charge in [0.25, 0.3) is 0 Å². The van der Waals surface area contributed by atoms with Gasteiger partial charge >= 0.3 is 0 Å². The third-order valence-electron chi connectivity index (χ3n) is 7.58. The number of benzene rings is 1. The number of aliphatic imine (C=N–C) groups is 1. The fourth-order valence-electron chi connectivity index (χ4n) is 5.80. The summed E-state index contributed by atoms with van der Waals surface area (Å²) >= 11 is 0. The molecule has 0 spiro atoms. The standard InChI is InChI=1S/C24H30N4O2.HI/c1-15-5-3-4-6-18(15)24(9-10-24)14-27-23(25-2)26-11-12-28-21(29)19-16-7-8-17(13-16)20(19)22(28)30;/h3-8,16-17,19-20H,9-14H2,1-2H3,(H2,25,26,27);1H. The Labute approximate surface area is 201 Å².